The van der Waals surface area contributed by atoms with Gasteiger partial charge in [0, 0.05) is 55.8 Å². The molecule has 3 aliphatic carbocycles. The Bertz CT molecular complexity index is 1180. The number of nitrogens with zero attached hydrogens (tertiary/aromatic N) is 3. The first kappa shape index (κ1) is 25.5. The van der Waals surface area contributed by atoms with Gasteiger partial charge in [-0.15, -0.1) is 0 Å². The number of hydrogen-bond acceptors (Lipinski definition) is 5. The summed E-state index contributed by atoms with van der Waals surface area (Å²) >= 11 is 0. The number of aryl methyl sites for hydroxylation is 1. The third-order valence-corrected chi connectivity index (χ3v) is 10.1. The van der Waals surface area contributed by atoms with Crippen molar-refractivity contribution in [3.05, 3.63) is 89.5 Å². The summed E-state index contributed by atoms with van der Waals surface area (Å²) in [5.74, 6) is 2.76. The van der Waals surface area contributed by atoms with Gasteiger partial charge in [0.15, 0.2) is 0 Å². The van der Waals surface area contributed by atoms with Crippen LogP contribution in [0.1, 0.15) is 61.0 Å². The molecule has 3 aliphatic rings. The summed E-state index contributed by atoms with van der Waals surface area (Å²) in [4.78, 5) is 11.8. The van der Waals surface area contributed by atoms with Gasteiger partial charge < -0.3 is 9.84 Å². The van der Waals surface area contributed by atoms with E-state index in [4.69, 9.17) is 4.74 Å². The SMILES string of the molecule is COc1ccc2c(c1)CC[C@@H]1[C@@H]2CC[C@]2(C)[C@@H](N(CCc3ccccn3)CCc3ccccn3)[C@@H](O)C[C@@H]12. The van der Waals surface area contributed by atoms with Crippen molar-refractivity contribution in [3.8, 4) is 5.75 Å². The van der Waals surface area contributed by atoms with Crippen LogP contribution < -0.4 is 4.74 Å². The normalized spacial score (nSPS) is 29.9. The highest BCUT2D eigenvalue weighted by atomic mass is 16.5. The van der Waals surface area contributed by atoms with E-state index in [0.29, 0.717) is 17.8 Å². The van der Waals surface area contributed by atoms with Gasteiger partial charge >= 0.3 is 0 Å². The molecule has 0 spiro atoms. The molecule has 1 aromatic carbocycles. The number of aliphatic hydroxyl groups excluding tert-OH is 1. The van der Waals surface area contributed by atoms with E-state index in [1.807, 2.05) is 24.5 Å². The maximum absolute atomic E-state index is 11.7. The predicted molar refractivity (Wildman–Crippen MR) is 150 cm³/mol. The Morgan fingerprint density at radius 2 is 1.68 bits per heavy atom. The van der Waals surface area contributed by atoms with Crippen molar-refractivity contribution in [2.24, 2.45) is 17.3 Å². The quantitative estimate of drug-likeness (QED) is 0.435. The van der Waals surface area contributed by atoms with E-state index in [1.165, 1.54) is 24.0 Å². The number of benzene rings is 1. The first-order valence-corrected chi connectivity index (χ1v) is 14.5. The van der Waals surface area contributed by atoms with E-state index in [2.05, 4.69) is 64.3 Å². The van der Waals surface area contributed by atoms with Crippen LogP contribution >= 0.6 is 0 Å². The Kier molecular flexibility index (Phi) is 7.24. The molecule has 2 fully saturated rings. The second-order valence-electron chi connectivity index (χ2n) is 12.0. The minimum atomic E-state index is -0.298. The van der Waals surface area contributed by atoms with Gasteiger partial charge in [-0.2, -0.15) is 0 Å². The number of rotatable bonds is 8. The van der Waals surface area contributed by atoms with Gasteiger partial charge in [0.2, 0.25) is 0 Å². The summed E-state index contributed by atoms with van der Waals surface area (Å²) < 4.78 is 5.52. The number of aliphatic hydroxyl groups is 1. The Balaban J connectivity index is 1.25. The van der Waals surface area contributed by atoms with Crippen molar-refractivity contribution in [1.29, 1.82) is 0 Å². The van der Waals surface area contributed by atoms with Crippen LogP contribution in [0, 0.1) is 17.3 Å². The van der Waals surface area contributed by atoms with E-state index in [9.17, 15) is 5.11 Å². The second kappa shape index (κ2) is 10.8. The van der Waals surface area contributed by atoms with Crippen molar-refractivity contribution in [1.82, 2.24) is 14.9 Å². The molecule has 2 saturated carbocycles. The molecule has 0 radical (unpaired) electrons. The van der Waals surface area contributed by atoms with Gasteiger partial charge in [0.05, 0.1) is 13.2 Å². The molecule has 5 nitrogen and oxygen atoms in total. The van der Waals surface area contributed by atoms with E-state index >= 15 is 0 Å². The van der Waals surface area contributed by atoms with Crippen LogP contribution in [0.25, 0.3) is 0 Å². The third-order valence-electron chi connectivity index (χ3n) is 10.1. The number of aromatic nitrogens is 2. The predicted octanol–water partition coefficient (Wildman–Crippen LogP) is 5.47. The molecule has 2 heterocycles. The molecule has 38 heavy (non-hydrogen) atoms. The van der Waals surface area contributed by atoms with Gasteiger partial charge in [0.25, 0.3) is 0 Å². The summed E-state index contributed by atoms with van der Waals surface area (Å²) in [5, 5.41) is 11.7. The van der Waals surface area contributed by atoms with Crippen LogP contribution in [0.3, 0.4) is 0 Å². The lowest BCUT2D eigenvalue weighted by Crippen LogP contribution is -2.54. The maximum atomic E-state index is 11.7. The Labute approximate surface area is 227 Å². The molecule has 3 aromatic rings. The zero-order chi connectivity index (χ0) is 26.1. The molecule has 0 saturated heterocycles. The number of pyridine rings is 2. The molecule has 6 atom stereocenters. The van der Waals surface area contributed by atoms with E-state index in [0.717, 1.165) is 62.3 Å². The van der Waals surface area contributed by atoms with E-state index < -0.39 is 0 Å². The third kappa shape index (κ3) is 4.76. The monoisotopic (exact) mass is 511 g/mol. The molecule has 0 aliphatic heterocycles. The summed E-state index contributed by atoms with van der Waals surface area (Å²) in [7, 11) is 1.76. The first-order chi connectivity index (χ1) is 18.6. The van der Waals surface area contributed by atoms with Crippen molar-refractivity contribution in [2.45, 2.75) is 69.9 Å². The molecular weight excluding hydrogens is 470 g/mol. The lowest BCUT2D eigenvalue weighted by molar-refractivity contribution is -0.0209. The zero-order valence-electron chi connectivity index (χ0n) is 22.8. The van der Waals surface area contributed by atoms with E-state index in [1.54, 1.807) is 7.11 Å². The maximum Gasteiger partial charge on any atom is 0.119 e. The summed E-state index contributed by atoms with van der Waals surface area (Å²) in [6.45, 7) is 4.31. The van der Waals surface area contributed by atoms with Crippen LogP contribution in [0.2, 0.25) is 0 Å². The lowest BCUT2D eigenvalue weighted by atomic mass is 9.55. The highest BCUT2D eigenvalue weighted by Crippen LogP contribution is 2.62. The van der Waals surface area contributed by atoms with Crippen LogP contribution in [0.4, 0.5) is 0 Å². The Morgan fingerprint density at radius 3 is 2.32 bits per heavy atom. The van der Waals surface area contributed by atoms with Gasteiger partial charge in [0.1, 0.15) is 5.75 Å². The standard InChI is InChI=1S/C33H41N3O2/c1-33-16-13-28-27-12-10-26(38-2)21-23(27)9-11-29(28)30(33)22-31(37)32(33)36(19-14-24-7-3-5-17-34-24)20-15-25-8-4-6-18-35-25/h3-8,10,12,17-18,21,28-32,37H,9,11,13-16,19-20,22H2,1-2H3/t28-,29-,30+,31+,32+,33+/m1/s1. The van der Waals surface area contributed by atoms with Gasteiger partial charge in [-0.1, -0.05) is 25.1 Å². The molecular formula is C33H41N3O2. The molecule has 2 aromatic heterocycles. The minimum Gasteiger partial charge on any atom is -0.497 e. The Hall–Kier alpha value is -2.76. The highest BCUT2D eigenvalue weighted by molar-refractivity contribution is 5.41. The van der Waals surface area contributed by atoms with Crippen LogP contribution in [0.15, 0.2) is 67.0 Å². The fourth-order valence-corrected chi connectivity index (χ4v) is 8.33. The summed E-state index contributed by atoms with van der Waals surface area (Å²) in [6.07, 6.45) is 10.9. The number of ether oxygens (including phenoxy) is 1. The fourth-order valence-electron chi connectivity index (χ4n) is 8.33. The van der Waals surface area contributed by atoms with Crippen LogP contribution in [-0.2, 0) is 19.3 Å². The molecule has 1 N–H and O–H groups in total. The molecule has 200 valence electrons. The smallest absolute Gasteiger partial charge is 0.119 e. The minimum absolute atomic E-state index is 0.110. The largest absolute Gasteiger partial charge is 0.497 e. The molecule has 5 heteroatoms. The van der Waals surface area contributed by atoms with Gasteiger partial charge in [-0.05, 0) is 103 Å². The van der Waals surface area contributed by atoms with Crippen molar-refractivity contribution < 1.29 is 9.84 Å². The zero-order valence-corrected chi connectivity index (χ0v) is 22.8. The fraction of sp³-hybridized carbons (Fsp3) is 0.515. The van der Waals surface area contributed by atoms with E-state index in [-0.39, 0.29) is 17.6 Å². The average molecular weight is 512 g/mol. The van der Waals surface area contributed by atoms with Crippen LogP contribution in [0.5, 0.6) is 5.75 Å². The summed E-state index contributed by atoms with van der Waals surface area (Å²) in [5.41, 5.74) is 5.35. The van der Waals surface area contributed by atoms with Crippen LogP contribution in [-0.4, -0.2) is 52.3 Å². The summed E-state index contributed by atoms with van der Waals surface area (Å²) in [6, 6.07) is 19.2. The Morgan fingerprint density at radius 1 is 0.974 bits per heavy atom. The molecule has 6 rings (SSSR count). The van der Waals surface area contributed by atoms with Crippen molar-refractivity contribution >= 4 is 0 Å². The highest BCUT2D eigenvalue weighted by Gasteiger charge is 2.59. The topological polar surface area (TPSA) is 58.5 Å². The molecule has 0 amide bonds. The lowest BCUT2D eigenvalue weighted by Gasteiger charge is -2.52. The second-order valence-corrected chi connectivity index (χ2v) is 12.0. The van der Waals surface area contributed by atoms with Gasteiger partial charge in [-0.3, -0.25) is 14.9 Å². The van der Waals surface area contributed by atoms with Crippen molar-refractivity contribution in [2.75, 3.05) is 20.2 Å². The van der Waals surface area contributed by atoms with Gasteiger partial charge in [-0.25, -0.2) is 0 Å². The average Bonchev–Trinajstić information content (AvgIpc) is 3.23. The molecule has 0 bridgehead atoms. The number of methoxy groups -OCH3 is 1. The molecule has 0 unspecified atom stereocenters. The number of fused-ring (bicyclic) bond motifs is 5. The first-order valence-electron chi connectivity index (χ1n) is 14.5. The number of hydrogen-bond donors (Lipinski definition) is 1. The van der Waals surface area contributed by atoms with Crippen molar-refractivity contribution in [3.63, 3.8) is 0 Å².